The SMILES string of the molecule is COCCNCc1cnc(COc2c(C)cccc2C)s1. The van der Waals surface area contributed by atoms with Gasteiger partial charge in [0.25, 0.3) is 0 Å². The number of aryl methyl sites for hydroxylation is 2. The first-order chi connectivity index (χ1) is 10.2. The van der Waals surface area contributed by atoms with Gasteiger partial charge in [0.15, 0.2) is 0 Å². The van der Waals surface area contributed by atoms with Gasteiger partial charge >= 0.3 is 0 Å². The Kier molecular flexibility index (Phi) is 6.17. The number of thiazole rings is 1. The van der Waals surface area contributed by atoms with E-state index < -0.39 is 0 Å². The largest absolute Gasteiger partial charge is 0.486 e. The minimum Gasteiger partial charge on any atom is -0.486 e. The number of hydrogen-bond donors (Lipinski definition) is 1. The van der Waals surface area contributed by atoms with Gasteiger partial charge in [-0.2, -0.15) is 0 Å². The molecule has 0 aliphatic rings. The predicted molar refractivity (Wildman–Crippen MR) is 85.9 cm³/mol. The molecule has 1 aromatic heterocycles. The quantitative estimate of drug-likeness (QED) is 0.761. The monoisotopic (exact) mass is 306 g/mol. The Morgan fingerprint density at radius 3 is 2.71 bits per heavy atom. The molecule has 0 saturated heterocycles. The van der Waals surface area contributed by atoms with Crippen LogP contribution in [0.5, 0.6) is 5.75 Å². The smallest absolute Gasteiger partial charge is 0.140 e. The van der Waals surface area contributed by atoms with Gasteiger partial charge in [-0.05, 0) is 25.0 Å². The molecule has 0 atom stereocenters. The fourth-order valence-electron chi connectivity index (χ4n) is 2.04. The molecule has 1 N–H and O–H groups in total. The summed E-state index contributed by atoms with van der Waals surface area (Å²) >= 11 is 1.68. The number of methoxy groups -OCH3 is 1. The average Bonchev–Trinajstić information content (AvgIpc) is 2.91. The first kappa shape index (κ1) is 15.9. The first-order valence-corrected chi connectivity index (χ1v) is 7.84. The molecule has 0 amide bonds. The molecule has 5 heteroatoms. The molecule has 4 nitrogen and oxygen atoms in total. The van der Waals surface area contributed by atoms with Crippen LogP contribution < -0.4 is 10.1 Å². The maximum absolute atomic E-state index is 5.92. The van der Waals surface area contributed by atoms with E-state index in [2.05, 4.69) is 36.3 Å². The summed E-state index contributed by atoms with van der Waals surface area (Å²) in [6.07, 6.45) is 1.91. The molecule has 0 unspecified atom stereocenters. The van der Waals surface area contributed by atoms with E-state index in [1.807, 2.05) is 12.3 Å². The Hall–Kier alpha value is -1.43. The van der Waals surface area contributed by atoms with Gasteiger partial charge in [0, 0.05) is 31.3 Å². The summed E-state index contributed by atoms with van der Waals surface area (Å²) in [5, 5.41) is 4.31. The van der Waals surface area contributed by atoms with E-state index >= 15 is 0 Å². The average molecular weight is 306 g/mol. The molecule has 1 aromatic carbocycles. The lowest BCUT2D eigenvalue weighted by Gasteiger charge is -2.10. The second kappa shape index (κ2) is 8.12. The van der Waals surface area contributed by atoms with E-state index in [0.29, 0.717) is 6.61 Å². The number of nitrogens with zero attached hydrogens (tertiary/aromatic N) is 1. The van der Waals surface area contributed by atoms with Crippen LogP contribution in [0.25, 0.3) is 0 Å². The maximum atomic E-state index is 5.92. The number of rotatable bonds is 8. The zero-order valence-corrected chi connectivity index (χ0v) is 13.6. The van der Waals surface area contributed by atoms with Gasteiger partial charge in [0.05, 0.1) is 6.61 Å². The molecule has 114 valence electrons. The van der Waals surface area contributed by atoms with E-state index in [9.17, 15) is 0 Å². The number of aromatic nitrogens is 1. The van der Waals surface area contributed by atoms with Crippen LogP contribution >= 0.6 is 11.3 Å². The Balaban J connectivity index is 1.85. The molecular formula is C16H22N2O2S. The van der Waals surface area contributed by atoms with Gasteiger partial charge in [-0.1, -0.05) is 18.2 Å². The summed E-state index contributed by atoms with van der Waals surface area (Å²) in [5.41, 5.74) is 2.32. The summed E-state index contributed by atoms with van der Waals surface area (Å²) in [7, 11) is 1.71. The molecule has 0 radical (unpaired) electrons. The van der Waals surface area contributed by atoms with Crippen molar-refractivity contribution < 1.29 is 9.47 Å². The third-order valence-electron chi connectivity index (χ3n) is 3.13. The van der Waals surface area contributed by atoms with Gasteiger partial charge in [-0.3, -0.25) is 0 Å². The highest BCUT2D eigenvalue weighted by Crippen LogP contribution is 2.24. The van der Waals surface area contributed by atoms with Crippen molar-refractivity contribution in [2.24, 2.45) is 0 Å². The molecular weight excluding hydrogens is 284 g/mol. The maximum Gasteiger partial charge on any atom is 0.140 e. The van der Waals surface area contributed by atoms with Crippen molar-refractivity contribution in [3.05, 3.63) is 45.4 Å². The van der Waals surface area contributed by atoms with E-state index in [1.54, 1.807) is 18.4 Å². The highest BCUT2D eigenvalue weighted by molar-refractivity contribution is 7.11. The van der Waals surface area contributed by atoms with Crippen molar-refractivity contribution in [3.8, 4) is 5.75 Å². The van der Waals surface area contributed by atoms with E-state index in [1.165, 1.54) is 4.88 Å². The van der Waals surface area contributed by atoms with E-state index in [0.717, 1.165) is 41.6 Å². The predicted octanol–water partition coefficient (Wildman–Crippen LogP) is 3.07. The summed E-state index contributed by atoms with van der Waals surface area (Å²) < 4.78 is 10.9. The normalized spacial score (nSPS) is 10.8. The summed E-state index contributed by atoms with van der Waals surface area (Å²) in [5.74, 6) is 0.965. The fourth-order valence-corrected chi connectivity index (χ4v) is 2.85. The molecule has 0 saturated carbocycles. The van der Waals surface area contributed by atoms with Crippen LogP contribution in [0.1, 0.15) is 21.0 Å². The molecule has 2 rings (SSSR count). The van der Waals surface area contributed by atoms with Gasteiger partial charge < -0.3 is 14.8 Å². The van der Waals surface area contributed by atoms with Crippen LogP contribution in [0.15, 0.2) is 24.4 Å². The molecule has 1 heterocycles. The van der Waals surface area contributed by atoms with Crippen LogP contribution in [0.3, 0.4) is 0 Å². The van der Waals surface area contributed by atoms with Gasteiger partial charge in [0.2, 0.25) is 0 Å². The van der Waals surface area contributed by atoms with E-state index in [4.69, 9.17) is 9.47 Å². The molecule has 0 bridgehead atoms. The molecule has 2 aromatic rings. The molecule has 0 aliphatic carbocycles. The highest BCUT2D eigenvalue weighted by Gasteiger charge is 2.06. The van der Waals surface area contributed by atoms with Gasteiger partial charge in [0.1, 0.15) is 17.4 Å². The van der Waals surface area contributed by atoms with Gasteiger partial charge in [-0.25, -0.2) is 4.98 Å². The highest BCUT2D eigenvalue weighted by atomic mass is 32.1. The third kappa shape index (κ3) is 4.81. The zero-order chi connectivity index (χ0) is 15.1. The van der Waals surface area contributed by atoms with Crippen molar-refractivity contribution in [3.63, 3.8) is 0 Å². The zero-order valence-electron chi connectivity index (χ0n) is 12.8. The van der Waals surface area contributed by atoms with Crippen LogP contribution in [-0.4, -0.2) is 25.2 Å². The van der Waals surface area contributed by atoms with E-state index in [-0.39, 0.29) is 0 Å². The standard InChI is InChI=1S/C16H22N2O2S/c1-12-5-4-6-13(2)16(12)20-11-15-18-10-14(21-15)9-17-7-8-19-3/h4-6,10,17H,7-9,11H2,1-3H3. The number of para-hydroxylation sites is 1. The Labute approximate surface area is 130 Å². The lowest BCUT2D eigenvalue weighted by atomic mass is 10.1. The van der Waals surface area contributed by atoms with Crippen LogP contribution in [0.2, 0.25) is 0 Å². The molecule has 0 fully saturated rings. The Morgan fingerprint density at radius 2 is 2.00 bits per heavy atom. The summed E-state index contributed by atoms with van der Waals surface area (Å²) in [6.45, 7) is 7.05. The lowest BCUT2D eigenvalue weighted by molar-refractivity contribution is 0.199. The van der Waals surface area contributed by atoms with Crippen LogP contribution in [0.4, 0.5) is 0 Å². The minimum atomic E-state index is 0.522. The number of ether oxygens (including phenoxy) is 2. The van der Waals surface area contributed by atoms with Crippen molar-refractivity contribution in [1.29, 1.82) is 0 Å². The van der Waals surface area contributed by atoms with Crippen molar-refractivity contribution in [2.45, 2.75) is 27.0 Å². The van der Waals surface area contributed by atoms with Crippen molar-refractivity contribution in [1.82, 2.24) is 10.3 Å². The van der Waals surface area contributed by atoms with Gasteiger partial charge in [-0.15, -0.1) is 11.3 Å². The third-order valence-corrected chi connectivity index (χ3v) is 4.10. The topological polar surface area (TPSA) is 43.4 Å². The Morgan fingerprint density at radius 1 is 1.24 bits per heavy atom. The minimum absolute atomic E-state index is 0.522. The molecule has 0 spiro atoms. The number of nitrogens with one attached hydrogen (secondary N) is 1. The second-order valence-corrected chi connectivity index (χ2v) is 6.10. The van der Waals surface area contributed by atoms with Crippen LogP contribution in [-0.2, 0) is 17.9 Å². The number of hydrogen-bond acceptors (Lipinski definition) is 5. The lowest BCUT2D eigenvalue weighted by Crippen LogP contribution is -2.17. The van der Waals surface area contributed by atoms with Crippen LogP contribution in [0, 0.1) is 13.8 Å². The Bertz CT molecular complexity index is 549. The fraction of sp³-hybridized carbons (Fsp3) is 0.438. The second-order valence-electron chi connectivity index (χ2n) is 4.90. The summed E-state index contributed by atoms with van der Waals surface area (Å²) in [4.78, 5) is 5.63. The van der Waals surface area contributed by atoms with Crippen molar-refractivity contribution in [2.75, 3.05) is 20.3 Å². The molecule has 0 aliphatic heterocycles. The number of benzene rings is 1. The molecule has 21 heavy (non-hydrogen) atoms. The summed E-state index contributed by atoms with van der Waals surface area (Å²) in [6, 6.07) is 6.18. The van der Waals surface area contributed by atoms with Crippen molar-refractivity contribution >= 4 is 11.3 Å². The first-order valence-electron chi connectivity index (χ1n) is 7.03.